The predicted molar refractivity (Wildman–Crippen MR) is 110 cm³/mol. The Morgan fingerprint density at radius 3 is 2.58 bits per heavy atom. The molecular formula is C23H26N2O. The molecule has 0 spiro atoms. The van der Waals surface area contributed by atoms with Crippen molar-refractivity contribution in [2.45, 2.75) is 40.7 Å². The molecule has 2 aromatic carbocycles. The second-order valence-electron chi connectivity index (χ2n) is 7.26. The summed E-state index contributed by atoms with van der Waals surface area (Å²) >= 11 is 0. The van der Waals surface area contributed by atoms with Gasteiger partial charge in [-0.25, -0.2) is 0 Å². The molecule has 0 aliphatic rings. The number of amides is 1. The Balaban J connectivity index is 1.96. The van der Waals surface area contributed by atoms with E-state index in [0.717, 1.165) is 22.2 Å². The lowest BCUT2D eigenvalue weighted by atomic mass is 9.93. The van der Waals surface area contributed by atoms with E-state index < -0.39 is 0 Å². The number of nitrogens with one attached hydrogen (secondary N) is 2. The van der Waals surface area contributed by atoms with E-state index in [0.29, 0.717) is 0 Å². The van der Waals surface area contributed by atoms with Crippen LogP contribution in [-0.4, -0.2) is 16.9 Å². The minimum atomic E-state index is -0.0148. The molecule has 0 radical (unpaired) electrons. The molecule has 3 aromatic rings. The first-order valence-electron chi connectivity index (χ1n) is 9.03. The summed E-state index contributed by atoms with van der Waals surface area (Å²) in [6.45, 7) is 10.0. The number of carbonyl (C=O) groups excluding carboxylic acids is 1. The lowest BCUT2D eigenvalue weighted by Gasteiger charge is -2.12. The van der Waals surface area contributed by atoms with Gasteiger partial charge in [-0.2, -0.15) is 0 Å². The average Bonchev–Trinajstić information content (AvgIpc) is 3.04. The molecule has 3 rings (SSSR count). The fourth-order valence-corrected chi connectivity index (χ4v) is 3.20. The van der Waals surface area contributed by atoms with Gasteiger partial charge in [-0.1, -0.05) is 18.2 Å². The van der Waals surface area contributed by atoms with Gasteiger partial charge in [0, 0.05) is 23.3 Å². The smallest absolute Gasteiger partial charge is 0.247 e. The number of aromatic nitrogens is 1. The van der Waals surface area contributed by atoms with Crippen LogP contribution in [0.1, 0.15) is 37.5 Å². The molecule has 0 fully saturated rings. The van der Waals surface area contributed by atoms with E-state index in [1.54, 1.807) is 0 Å². The molecule has 134 valence electrons. The van der Waals surface area contributed by atoms with Crippen LogP contribution >= 0.6 is 0 Å². The van der Waals surface area contributed by atoms with E-state index in [9.17, 15) is 4.79 Å². The third-order valence-electron chi connectivity index (χ3n) is 4.63. The van der Waals surface area contributed by atoms with E-state index in [4.69, 9.17) is 0 Å². The number of H-pyrrole nitrogens is 1. The molecule has 0 aliphatic heterocycles. The zero-order valence-electron chi connectivity index (χ0n) is 16.1. The fourth-order valence-electron chi connectivity index (χ4n) is 3.20. The molecule has 0 aliphatic carbocycles. The number of aryl methyl sites for hydroxylation is 2. The Bertz CT molecular complexity index is 993. The Kier molecular flexibility index (Phi) is 4.99. The highest BCUT2D eigenvalue weighted by molar-refractivity contribution is 5.97. The van der Waals surface area contributed by atoms with Crippen LogP contribution < -0.4 is 5.32 Å². The zero-order valence-corrected chi connectivity index (χ0v) is 16.1. The number of aromatic amines is 1. The van der Waals surface area contributed by atoms with Crippen molar-refractivity contribution in [2.24, 2.45) is 0 Å². The number of carbonyl (C=O) groups is 1. The lowest BCUT2D eigenvalue weighted by Crippen LogP contribution is -2.30. The van der Waals surface area contributed by atoms with Crippen molar-refractivity contribution in [1.29, 1.82) is 0 Å². The summed E-state index contributed by atoms with van der Waals surface area (Å²) < 4.78 is 0. The van der Waals surface area contributed by atoms with Gasteiger partial charge >= 0.3 is 0 Å². The summed E-state index contributed by atoms with van der Waals surface area (Å²) in [6, 6.07) is 13.1. The van der Waals surface area contributed by atoms with Gasteiger partial charge in [0.15, 0.2) is 0 Å². The summed E-state index contributed by atoms with van der Waals surface area (Å²) in [7, 11) is 0. The van der Waals surface area contributed by atoms with E-state index >= 15 is 0 Å². The zero-order chi connectivity index (χ0) is 18.8. The molecule has 0 bridgehead atoms. The average molecular weight is 346 g/mol. The van der Waals surface area contributed by atoms with E-state index in [2.05, 4.69) is 60.5 Å². The Morgan fingerprint density at radius 1 is 1.08 bits per heavy atom. The normalized spacial score (nSPS) is 12.0. The summed E-state index contributed by atoms with van der Waals surface area (Å²) in [6.07, 6.45) is 3.94. The molecule has 1 heterocycles. The van der Waals surface area contributed by atoms with Gasteiger partial charge in [-0.05, 0) is 92.1 Å². The quantitative estimate of drug-likeness (QED) is 0.612. The van der Waals surface area contributed by atoms with Crippen LogP contribution in [0, 0.1) is 13.8 Å². The molecule has 3 nitrogen and oxygen atoms in total. The maximum atomic E-state index is 12.2. The number of hydrogen-bond donors (Lipinski definition) is 2. The SMILES string of the molecule is C/C(=C\c1cc(C)c(-c2ccc3[nH]ccc3c2)cc1C)C(=O)NC(C)C. The first-order valence-corrected chi connectivity index (χ1v) is 9.03. The Labute approximate surface area is 155 Å². The molecule has 2 N–H and O–H groups in total. The standard InChI is InChI=1S/C23H26N2O/c1-14(2)25-23(26)17(5)11-20-10-16(4)21(12-15(20)3)18-6-7-22-19(13-18)8-9-24-22/h6-14,24H,1-5H3,(H,25,26)/b17-11+. The lowest BCUT2D eigenvalue weighted by molar-refractivity contribution is -0.117. The van der Waals surface area contributed by atoms with Gasteiger partial charge in [0.2, 0.25) is 5.91 Å². The minimum Gasteiger partial charge on any atom is -0.361 e. The fraction of sp³-hybridized carbons (Fsp3) is 0.261. The summed E-state index contributed by atoms with van der Waals surface area (Å²) in [4.78, 5) is 15.4. The largest absolute Gasteiger partial charge is 0.361 e. The maximum absolute atomic E-state index is 12.2. The van der Waals surface area contributed by atoms with Crippen LogP contribution in [0.15, 0.2) is 48.2 Å². The van der Waals surface area contributed by atoms with E-state index in [-0.39, 0.29) is 11.9 Å². The number of rotatable bonds is 4. The molecule has 0 unspecified atom stereocenters. The van der Waals surface area contributed by atoms with Gasteiger partial charge in [-0.3, -0.25) is 4.79 Å². The van der Waals surface area contributed by atoms with Crippen LogP contribution in [0.5, 0.6) is 0 Å². The Morgan fingerprint density at radius 2 is 1.85 bits per heavy atom. The summed E-state index contributed by atoms with van der Waals surface area (Å²) in [5.41, 5.74) is 7.77. The molecule has 0 atom stereocenters. The van der Waals surface area contributed by atoms with Crippen LogP contribution in [0.4, 0.5) is 0 Å². The van der Waals surface area contributed by atoms with Crippen molar-refractivity contribution in [3.63, 3.8) is 0 Å². The first kappa shape index (κ1) is 18.0. The van der Waals surface area contributed by atoms with Crippen molar-refractivity contribution < 1.29 is 4.79 Å². The van der Waals surface area contributed by atoms with Gasteiger partial charge in [0.05, 0.1) is 0 Å². The minimum absolute atomic E-state index is 0.0148. The molecule has 1 aromatic heterocycles. The number of benzene rings is 2. The predicted octanol–water partition coefficient (Wildman–Crippen LogP) is 5.38. The second kappa shape index (κ2) is 7.20. The molecule has 0 saturated heterocycles. The summed E-state index contributed by atoms with van der Waals surface area (Å²) in [5.74, 6) is -0.0148. The van der Waals surface area contributed by atoms with Gasteiger partial charge < -0.3 is 10.3 Å². The van der Waals surface area contributed by atoms with E-state index in [1.165, 1.54) is 22.1 Å². The van der Waals surface area contributed by atoms with Crippen LogP contribution in [0.25, 0.3) is 28.1 Å². The third kappa shape index (κ3) is 3.72. The van der Waals surface area contributed by atoms with Crippen molar-refractivity contribution in [1.82, 2.24) is 10.3 Å². The van der Waals surface area contributed by atoms with Gasteiger partial charge in [0.25, 0.3) is 0 Å². The topological polar surface area (TPSA) is 44.9 Å². The van der Waals surface area contributed by atoms with Gasteiger partial charge in [0.1, 0.15) is 0 Å². The van der Waals surface area contributed by atoms with Crippen molar-refractivity contribution in [3.8, 4) is 11.1 Å². The second-order valence-corrected chi connectivity index (χ2v) is 7.26. The number of hydrogen-bond acceptors (Lipinski definition) is 1. The van der Waals surface area contributed by atoms with Crippen molar-refractivity contribution in [2.75, 3.05) is 0 Å². The van der Waals surface area contributed by atoms with Gasteiger partial charge in [-0.15, -0.1) is 0 Å². The van der Waals surface area contributed by atoms with Crippen LogP contribution in [-0.2, 0) is 4.79 Å². The molecule has 1 amide bonds. The third-order valence-corrected chi connectivity index (χ3v) is 4.63. The highest BCUT2D eigenvalue weighted by Gasteiger charge is 2.10. The van der Waals surface area contributed by atoms with Crippen LogP contribution in [0.3, 0.4) is 0 Å². The van der Waals surface area contributed by atoms with Crippen molar-refractivity contribution >= 4 is 22.9 Å². The highest BCUT2D eigenvalue weighted by atomic mass is 16.1. The molecule has 3 heteroatoms. The Hall–Kier alpha value is -2.81. The number of fused-ring (bicyclic) bond motifs is 1. The van der Waals surface area contributed by atoms with Crippen LogP contribution in [0.2, 0.25) is 0 Å². The first-order chi connectivity index (χ1) is 12.3. The van der Waals surface area contributed by atoms with E-state index in [1.807, 2.05) is 33.0 Å². The maximum Gasteiger partial charge on any atom is 0.247 e. The summed E-state index contributed by atoms with van der Waals surface area (Å²) in [5, 5.41) is 4.15. The molecule has 0 saturated carbocycles. The molecular weight excluding hydrogens is 320 g/mol. The molecule has 26 heavy (non-hydrogen) atoms. The van der Waals surface area contributed by atoms with Crippen molar-refractivity contribution in [3.05, 3.63) is 64.9 Å². The monoisotopic (exact) mass is 346 g/mol. The highest BCUT2D eigenvalue weighted by Crippen LogP contribution is 2.29.